The zero-order valence-electron chi connectivity index (χ0n) is 40.9. The highest BCUT2D eigenvalue weighted by atomic mass is 32.1. The Morgan fingerprint density at radius 2 is 1.07 bits per heavy atom. The zero-order valence-corrected chi connectivity index (χ0v) is 42.7. The molecule has 0 saturated heterocycles. The molecule has 0 aliphatic carbocycles. The summed E-state index contributed by atoms with van der Waals surface area (Å²) in [5, 5.41) is 48.3. The molecule has 4 aromatic rings. The smallest absolute Gasteiger partial charge is 0.328 e. The van der Waals surface area contributed by atoms with Gasteiger partial charge in [0, 0.05) is 41.4 Å². The molecule has 9 atom stereocenters. The molecule has 4 rings (SSSR count). The fourth-order valence-electron chi connectivity index (χ4n) is 7.71. The molecule has 0 bridgehead atoms. The maximum absolute atomic E-state index is 14.7. The lowest BCUT2D eigenvalue weighted by molar-refractivity contribution is -0.145. The van der Waals surface area contributed by atoms with Crippen molar-refractivity contribution < 1.29 is 53.7 Å². The van der Waals surface area contributed by atoms with Crippen molar-refractivity contribution in [2.45, 2.75) is 114 Å². The number of thiol groups is 2. The summed E-state index contributed by atoms with van der Waals surface area (Å²) in [4.78, 5) is 112. The SMILES string of the molecule is CC(C)[C@H](NC(=O)[C@H](CCCCN)NC(=O)[C@@H](Cc1c[nH]c2ccccc12)NC(=O)[C@H](Cc1ccc(O)cc1)NC(=O)[C@H](CS)NC(=O)[C@H](N)Cc1ccccc1)C(=O)N[C@@H](CS)C(=O)N[C@H](C(=O)O)[C@@H](C)O. The number of phenols is 1. The molecule has 0 aliphatic heterocycles. The first-order chi connectivity index (χ1) is 34.8. The van der Waals surface area contributed by atoms with E-state index >= 15 is 0 Å². The van der Waals surface area contributed by atoms with Gasteiger partial charge in [0.1, 0.15) is 42.0 Å². The van der Waals surface area contributed by atoms with E-state index in [-0.39, 0.29) is 49.5 Å². The fraction of sp³-hybridized carbons (Fsp3) is 0.440. The van der Waals surface area contributed by atoms with Crippen LogP contribution in [0.3, 0.4) is 0 Å². The van der Waals surface area contributed by atoms with Crippen LogP contribution in [0.15, 0.2) is 85.1 Å². The van der Waals surface area contributed by atoms with E-state index in [0.29, 0.717) is 24.0 Å². The molecule has 15 N–H and O–H groups in total. The number of carboxylic acid groups (broad SMARTS) is 1. The van der Waals surface area contributed by atoms with Gasteiger partial charge >= 0.3 is 5.97 Å². The van der Waals surface area contributed by atoms with Crippen LogP contribution in [0.1, 0.15) is 56.7 Å². The van der Waals surface area contributed by atoms with Crippen LogP contribution in [0, 0.1) is 5.92 Å². The third-order valence-electron chi connectivity index (χ3n) is 11.9. The first kappa shape index (κ1) is 58.9. The van der Waals surface area contributed by atoms with Crippen LogP contribution in [-0.4, -0.2) is 140 Å². The number of carbonyl (C=O) groups excluding carboxylic acids is 7. The van der Waals surface area contributed by atoms with Gasteiger partial charge in [-0.05, 0) is 80.0 Å². The monoisotopic (exact) mass is 1050 g/mol. The van der Waals surface area contributed by atoms with Crippen molar-refractivity contribution >= 4 is 83.5 Å². The maximum atomic E-state index is 14.7. The Morgan fingerprint density at radius 3 is 1.64 bits per heavy atom. The number of nitrogens with one attached hydrogen (secondary N) is 8. The highest BCUT2D eigenvalue weighted by molar-refractivity contribution is 7.80. The van der Waals surface area contributed by atoms with E-state index in [1.807, 2.05) is 36.4 Å². The fourth-order valence-corrected chi connectivity index (χ4v) is 8.22. The number of nitrogens with two attached hydrogens (primary N) is 2. The number of aliphatic hydroxyl groups excluding tert-OH is 1. The van der Waals surface area contributed by atoms with Crippen molar-refractivity contribution in [1.29, 1.82) is 0 Å². The predicted molar refractivity (Wildman–Crippen MR) is 280 cm³/mol. The van der Waals surface area contributed by atoms with Gasteiger partial charge in [0.15, 0.2) is 6.04 Å². The molecule has 1 heterocycles. The molecule has 396 valence electrons. The van der Waals surface area contributed by atoms with E-state index in [9.17, 15) is 53.7 Å². The number of fused-ring (bicyclic) bond motifs is 1. The van der Waals surface area contributed by atoms with Gasteiger partial charge in [0.25, 0.3) is 0 Å². The summed E-state index contributed by atoms with van der Waals surface area (Å²) < 4.78 is 0. The lowest BCUT2D eigenvalue weighted by Crippen LogP contribution is -2.61. The number of aromatic amines is 1. The highest BCUT2D eigenvalue weighted by Crippen LogP contribution is 2.20. The van der Waals surface area contributed by atoms with Gasteiger partial charge in [-0.25, -0.2) is 4.79 Å². The first-order valence-corrected chi connectivity index (χ1v) is 25.1. The predicted octanol–water partition coefficient (Wildman–Crippen LogP) is -0.268. The van der Waals surface area contributed by atoms with Crippen LogP contribution < -0.4 is 48.7 Å². The summed E-state index contributed by atoms with van der Waals surface area (Å²) in [7, 11) is 0. The zero-order chi connectivity index (χ0) is 53.8. The number of hydrogen-bond donors (Lipinski definition) is 15. The topological polar surface area (TPSA) is 349 Å². The van der Waals surface area contributed by atoms with Crippen molar-refractivity contribution in [3.05, 3.63) is 102 Å². The number of rotatable bonds is 29. The van der Waals surface area contributed by atoms with Crippen LogP contribution in [0.4, 0.5) is 0 Å². The number of carbonyl (C=O) groups is 8. The summed E-state index contributed by atoms with van der Waals surface area (Å²) >= 11 is 8.45. The number of unbranched alkanes of at least 4 members (excludes halogenated alkanes) is 1. The largest absolute Gasteiger partial charge is 0.508 e. The molecular formula is C50H68N10O11S2. The van der Waals surface area contributed by atoms with Crippen molar-refractivity contribution in [2.24, 2.45) is 17.4 Å². The van der Waals surface area contributed by atoms with Crippen molar-refractivity contribution in [3.63, 3.8) is 0 Å². The third-order valence-corrected chi connectivity index (χ3v) is 12.6. The van der Waals surface area contributed by atoms with E-state index in [0.717, 1.165) is 16.5 Å². The number of H-pyrrole nitrogens is 1. The molecule has 0 aliphatic rings. The Labute approximate surface area is 434 Å². The number of amides is 7. The van der Waals surface area contributed by atoms with Gasteiger partial charge in [0.05, 0.1) is 12.1 Å². The first-order valence-electron chi connectivity index (χ1n) is 23.8. The van der Waals surface area contributed by atoms with Crippen LogP contribution in [0.2, 0.25) is 0 Å². The number of aromatic nitrogens is 1. The van der Waals surface area contributed by atoms with Gasteiger partial charge in [-0.2, -0.15) is 25.3 Å². The lowest BCUT2D eigenvalue weighted by atomic mass is 10.00. The Kier molecular flexibility index (Phi) is 23.5. The molecule has 0 unspecified atom stereocenters. The molecule has 0 radical (unpaired) electrons. The molecule has 3 aromatic carbocycles. The van der Waals surface area contributed by atoms with Gasteiger partial charge in [-0.3, -0.25) is 33.6 Å². The average Bonchev–Trinajstić information content (AvgIpc) is 3.77. The second-order valence-electron chi connectivity index (χ2n) is 18.0. The Hall–Kier alpha value is -6.66. The molecule has 21 nitrogen and oxygen atoms in total. The summed E-state index contributed by atoms with van der Waals surface area (Å²) in [6.45, 7) is 4.69. The van der Waals surface area contributed by atoms with E-state index in [1.54, 1.807) is 50.4 Å². The average molecular weight is 1050 g/mol. The molecule has 7 amide bonds. The number of para-hydroxylation sites is 1. The number of aliphatic hydroxyl groups is 1. The van der Waals surface area contributed by atoms with Gasteiger partial charge < -0.3 is 69.0 Å². The van der Waals surface area contributed by atoms with Crippen molar-refractivity contribution in [1.82, 2.24) is 42.2 Å². The number of hydrogen-bond acceptors (Lipinski definition) is 14. The molecule has 0 saturated carbocycles. The molecular weight excluding hydrogens is 981 g/mol. The second-order valence-corrected chi connectivity index (χ2v) is 18.7. The van der Waals surface area contributed by atoms with Crippen molar-refractivity contribution in [3.8, 4) is 5.75 Å². The van der Waals surface area contributed by atoms with E-state index in [1.165, 1.54) is 19.1 Å². The standard InChI is InChI=1S/C50H68N10O11S2/c1-27(2)41(49(69)58-40(26-73)48(68)60-42(28(3)61)50(70)71)59-44(64)36(15-9-10-20-51)54-46(66)38(23-31-24-53-35-14-8-7-13-33(31)35)56-45(65)37(22-30-16-18-32(62)19-17-30)55-47(67)39(25-72)57-43(63)34(52)21-29-11-5-4-6-12-29/h4-8,11-14,16-19,24,27-28,34,36-42,53,61-62,72-73H,9-10,15,20-23,25-26,51-52H2,1-3H3,(H,54,66)(H,55,67)(H,56,65)(H,57,63)(H,58,69)(H,59,64)(H,60,68)(H,70,71)/t28-,34-,36+,37+,38-,39+,40+,41+,42+/m1/s1. The van der Waals surface area contributed by atoms with Crippen LogP contribution in [0.25, 0.3) is 10.9 Å². The highest BCUT2D eigenvalue weighted by Gasteiger charge is 2.36. The summed E-state index contributed by atoms with van der Waals surface area (Å²) in [6, 6.07) is 11.5. The minimum absolute atomic E-state index is 0.0396. The Balaban J connectivity index is 1.62. The minimum atomic E-state index is -1.68. The molecule has 23 heteroatoms. The minimum Gasteiger partial charge on any atom is -0.508 e. The molecule has 73 heavy (non-hydrogen) atoms. The summed E-state index contributed by atoms with van der Waals surface area (Å²) in [6.07, 6.45) is 0.982. The Bertz CT molecular complexity index is 2500. The molecule has 0 spiro atoms. The number of carboxylic acids is 1. The number of aliphatic carboxylic acids is 1. The summed E-state index contributed by atoms with van der Waals surface area (Å²) in [5.74, 6) is -8.20. The van der Waals surface area contributed by atoms with E-state index in [2.05, 4.69) is 67.5 Å². The number of benzene rings is 3. The van der Waals surface area contributed by atoms with Gasteiger partial charge in [0.2, 0.25) is 41.4 Å². The van der Waals surface area contributed by atoms with E-state index < -0.39 is 108 Å². The van der Waals surface area contributed by atoms with Gasteiger partial charge in [-0.1, -0.05) is 74.5 Å². The van der Waals surface area contributed by atoms with Crippen LogP contribution >= 0.6 is 25.3 Å². The lowest BCUT2D eigenvalue weighted by Gasteiger charge is -2.29. The molecule has 1 aromatic heterocycles. The molecule has 0 fully saturated rings. The Morgan fingerprint density at radius 1 is 0.575 bits per heavy atom. The number of phenolic OH excluding ortho intramolecular Hbond substituents is 1. The van der Waals surface area contributed by atoms with E-state index in [4.69, 9.17) is 11.5 Å². The van der Waals surface area contributed by atoms with Crippen LogP contribution in [-0.2, 0) is 57.6 Å². The summed E-state index contributed by atoms with van der Waals surface area (Å²) in [5.41, 5.74) is 14.7. The van der Waals surface area contributed by atoms with Crippen LogP contribution in [0.5, 0.6) is 5.75 Å². The third kappa shape index (κ3) is 18.1. The second kappa shape index (κ2) is 29.1. The quantitative estimate of drug-likeness (QED) is 0.0246. The van der Waals surface area contributed by atoms with Crippen molar-refractivity contribution in [2.75, 3.05) is 18.1 Å². The normalized spacial score (nSPS) is 15.0. The maximum Gasteiger partial charge on any atom is 0.328 e. The van der Waals surface area contributed by atoms with Gasteiger partial charge in [-0.15, -0.1) is 0 Å². The number of aromatic hydroxyl groups is 1.